The van der Waals surface area contributed by atoms with Crippen LogP contribution in [0, 0.1) is 6.92 Å². The van der Waals surface area contributed by atoms with Gasteiger partial charge < -0.3 is 0 Å². The molecule has 0 aromatic carbocycles. The zero-order valence-corrected chi connectivity index (χ0v) is 4.55. The van der Waals surface area contributed by atoms with Crippen LogP contribution in [0.25, 0.3) is 0 Å². The first-order valence-electron chi connectivity index (χ1n) is 1.97. The molecule has 0 aromatic heterocycles. The maximum Gasteiger partial charge on any atom is 0.244 e. The van der Waals surface area contributed by atoms with Crippen LogP contribution >= 0.6 is 0 Å². The van der Waals surface area contributed by atoms with Gasteiger partial charge in [0.1, 0.15) is 0 Å². The van der Waals surface area contributed by atoms with Crippen molar-refractivity contribution in [2.24, 2.45) is 5.84 Å². The van der Waals surface area contributed by atoms with E-state index in [0.29, 0.717) is 5.01 Å². The molecule has 1 radical (unpaired) electrons. The molecule has 0 aliphatic heterocycles. The fourth-order valence-corrected chi connectivity index (χ4v) is 0.176. The van der Waals surface area contributed by atoms with Crippen LogP contribution in [0.15, 0.2) is 0 Å². The third-order valence-electron chi connectivity index (χ3n) is 0.608. The van der Waals surface area contributed by atoms with E-state index in [0.717, 1.165) is 0 Å². The van der Waals surface area contributed by atoms with E-state index >= 15 is 0 Å². The molecule has 45 valence electrons. The van der Waals surface area contributed by atoms with Gasteiger partial charge in [-0.05, 0) is 0 Å². The van der Waals surface area contributed by atoms with Crippen molar-refractivity contribution in [3.63, 3.8) is 0 Å². The van der Waals surface area contributed by atoms with Gasteiger partial charge >= 0.3 is 0 Å². The SMILES string of the molecule is [CH2]C(=O)N(N)C(C)=O. The fraction of sp³-hybridized carbons (Fsp3) is 0.250. The van der Waals surface area contributed by atoms with Gasteiger partial charge in [-0.1, -0.05) is 0 Å². The largest absolute Gasteiger partial charge is 0.273 e. The molecule has 2 amide bonds. The van der Waals surface area contributed by atoms with E-state index < -0.39 is 11.8 Å². The molecule has 4 heteroatoms. The molecule has 0 spiro atoms. The van der Waals surface area contributed by atoms with Gasteiger partial charge in [-0.3, -0.25) is 9.59 Å². The standard InChI is InChI=1S/C4H7N2O2/c1-3(7)6(5)4(2)8/h1,5H2,2H3. The topological polar surface area (TPSA) is 63.4 Å². The molecule has 0 aliphatic carbocycles. The monoisotopic (exact) mass is 115 g/mol. The molecule has 0 aromatic rings. The Morgan fingerprint density at radius 1 is 1.62 bits per heavy atom. The summed E-state index contributed by atoms with van der Waals surface area (Å²) < 4.78 is 0. The summed E-state index contributed by atoms with van der Waals surface area (Å²) in [7, 11) is 0. The summed E-state index contributed by atoms with van der Waals surface area (Å²) in [4.78, 5) is 20.2. The zero-order chi connectivity index (χ0) is 6.73. The summed E-state index contributed by atoms with van der Waals surface area (Å²) >= 11 is 0. The van der Waals surface area contributed by atoms with E-state index in [1.54, 1.807) is 0 Å². The molecule has 0 fully saturated rings. The highest BCUT2D eigenvalue weighted by molar-refractivity contribution is 5.95. The van der Waals surface area contributed by atoms with Gasteiger partial charge in [0.2, 0.25) is 11.8 Å². The normalized spacial score (nSPS) is 8.38. The average molecular weight is 115 g/mol. The smallest absolute Gasteiger partial charge is 0.244 e. The quantitative estimate of drug-likeness (QED) is 0.252. The third kappa shape index (κ3) is 1.70. The Hall–Kier alpha value is -0.900. The van der Waals surface area contributed by atoms with E-state index in [1.165, 1.54) is 6.92 Å². The summed E-state index contributed by atoms with van der Waals surface area (Å²) in [5, 5.41) is 0.444. The number of carbonyl (C=O) groups excluding carboxylic acids is 2. The van der Waals surface area contributed by atoms with Crippen molar-refractivity contribution >= 4 is 11.8 Å². The van der Waals surface area contributed by atoms with Crippen molar-refractivity contribution < 1.29 is 9.59 Å². The van der Waals surface area contributed by atoms with E-state index in [9.17, 15) is 9.59 Å². The van der Waals surface area contributed by atoms with E-state index in [4.69, 9.17) is 5.84 Å². The first-order valence-corrected chi connectivity index (χ1v) is 1.97. The lowest BCUT2D eigenvalue weighted by Gasteiger charge is -2.06. The number of hydrogen-bond acceptors (Lipinski definition) is 3. The summed E-state index contributed by atoms with van der Waals surface area (Å²) in [5.41, 5.74) is 0. The number of hydrogen-bond donors (Lipinski definition) is 1. The highest BCUT2D eigenvalue weighted by atomic mass is 16.2. The van der Waals surface area contributed by atoms with Crippen LogP contribution in [-0.4, -0.2) is 16.8 Å². The fourth-order valence-electron chi connectivity index (χ4n) is 0.176. The molecule has 4 nitrogen and oxygen atoms in total. The van der Waals surface area contributed by atoms with Crippen LogP contribution in [-0.2, 0) is 9.59 Å². The van der Waals surface area contributed by atoms with Crippen LogP contribution in [0.5, 0.6) is 0 Å². The molecule has 0 bridgehead atoms. The Bertz CT molecular complexity index is 107. The van der Waals surface area contributed by atoms with E-state index in [-0.39, 0.29) is 0 Å². The molecule has 0 unspecified atom stereocenters. The van der Waals surface area contributed by atoms with Crippen LogP contribution in [0.4, 0.5) is 0 Å². The van der Waals surface area contributed by atoms with Crippen LogP contribution < -0.4 is 5.84 Å². The second-order valence-electron chi connectivity index (χ2n) is 1.28. The number of nitrogens with zero attached hydrogens (tertiary/aromatic N) is 1. The van der Waals surface area contributed by atoms with Crippen molar-refractivity contribution in [2.75, 3.05) is 0 Å². The Morgan fingerprint density at radius 3 is 2.00 bits per heavy atom. The van der Waals surface area contributed by atoms with Crippen molar-refractivity contribution in [1.29, 1.82) is 0 Å². The van der Waals surface area contributed by atoms with Crippen molar-refractivity contribution in [1.82, 2.24) is 5.01 Å². The van der Waals surface area contributed by atoms with Crippen LogP contribution in [0.3, 0.4) is 0 Å². The second kappa shape index (κ2) is 2.42. The predicted molar refractivity (Wildman–Crippen MR) is 27.1 cm³/mol. The Balaban J connectivity index is 3.83. The lowest BCUT2D eigenvalue weighted by molar-refractivity contribution is -0.140. The minimum absolute atomic E-state index is 0.444. The number of hydrazine groups is 1. The highest BCUT2D eigenvalue weighted by Gasteiger charge is 2.05. The third-order valence-corrected chi connectivity index (χ3v) is 0.608. The van der Waals surface area contributed by atoms with Gasteiger partial charge in [-0.2, -0.15) is 0 Å². The van der Waals surface area contributed by atoms with Crippen molar-refractivity contribution in [3.8, 4) is 0 Å². The lowest BCUT2D eigenvalue weighted by atomic mass is 10.6. The van der Waals surface area contributed by atoms with Gasteiger partial charge in [0.05, 0.1) is 0 Å². The summed E-state index contributed by atoms with van der Waals surface area (Å²) in [6, 6.07) is 0. The average Bonchev–Trinajstić information content (AvgIpc) is 1.64. The minimum Gasteiger partial charge on any atom is -0.273 e. The van der Waals surface area contributed by atoms with Gasteiger partial charge in [0.15, 0.2) is 0 Å². The first-order chi connectivity index (χ1) is 3.55. The van der Waals surface area contributed by atoms with E-state index in [2.05, 4.69) is 6.92 Å². The highest BCUT2D eigenvalue weighted by Crippen LogP contribution is 1.76. The Kier molecular flexibility index (Phi) is 2.15. The number of amides is 2. The van der Waals surface area contributed by atoms with Gasteiger partial charge in [-0.15, -0.1) is 0 Å². The minimum atomic E-state index is -0.697. The molecule has 0 heterocycles. The van der Waals surface area contributed by atoms with Gasteiger partial charge in [0, 0.05) is 13.8 Å². The van der Waals surface area contributed by atoms with Gasteiger partial charge in [0.25, 0.3) is 0 Å². The van der Waals surface area contributed by atoms with Crippen molar-refractivity contribution in [3.05, 3.63) is 6.92 Å². The van der Waals surface area contributed by atoms with Gasteiger partial charge in [-0.25, -0.2) is 10.9 Å². The molecule has 2 N–H and O–H groups in total. The number of carbonyl (C=O) groups is 2. The molecule has 8 heavy (non-hydrogen) atoms. The summed E-state index contributed by atoms with van der Waals surface area (Å²) in [6.45, 7) is 4.08. The van der Waals surface area contributed by atoms with Crippen molar-refractivity contribution in [2.45, 2.75) is 6.92 Å². The molecular formula is C4H7N2O2. The molecule has 0 saturated heterocycles. The molecule has 0 aliphatic rings. The number of rotatable bonds is 0. The molecular weight excluding hydrogens is 108 g/mol. The predicted octanol–water partition coefficient (Wildman–Crippen LogP) is -0.931. The number of nitrogens with two attached hydrogens (primary N) is 1. The zero-order valence-electron chi connectivity index (χ0n) is 4.55. The Labute approximate surface area is 47.2 Å². The molecule has 0 atom stereocenters. The molecule has 0 rings (SSSR count). The lowest BCUT2D eigenvalue weighted by Crippen LogP contribution is -2.39. The van der Waals surface area contributed by atoms with Crippen LogP contribution in [0.2, 0.25) is 0 Å². The second-order valence-corrected chi connectivity index (χ2v) is 1.28. The summed E-state index contributed by atoms with van der Waals surface area (Å²) in [5.74, 6) is 3.63. The maximum absolute atomic E-state index is 10.1. The molecule has 0 saturated carbocycles. The first kappa shape index (κ1) is 7.10. The van der Waals surface area contributed by atoms with Crippen LogP contribution in [0.1, 0.15) is 6.92 Å². The maximum atomic E-state index is 10.1. The Morgan fingerprint density at radius 2 is 2.00 bits per heavy atom. The van der Waals surface area contributed by atoms with E-state index in [1.807, 2.05) is 0 Å². The number of imide groups is 1. The summed E-state index contributed by atoms with van der Waals surface area (Å²) in [6.07, 6.45) is 0.